The fourth-order valence-electron chi connectivity index (χ4n) is 3.96. The summed E-state index contributed by atoms with van der Waals surface area (Å²) in [5.41, 5.74) is 1.94. The van der Waals surface area contributed by atoms with Crippen LogP contribution in [0.1, 0.15) is 47.2 Å². The predicted molar refractivity (Wildman–Crippen MR) is 111 cm³/mol. The highest BCUT2D eigenvalue weighted by Gasteiger charge is 2.44. The topological polar surface area (TPSA) is 63.7 Å². The van der Waals surface area contributed by atoms with Gasteiger partial charge in [0.05, 0.1) is 12.5 Å². The normalized spacial score (nSPS) is 15.6. The van der Waals surface area contributed by atoms with Gasteiger partial charge in [0.1, 0.15) is 0 Å². The number of amides is 1. The number of piperidine rings is 1. The lowest BCUT2D eigenvalue weighted by molar-refractivity contribution is -0.151. The van der Waals surface area contributed by atoms with Gasteiger partial charge in [-0.2, -0.15) is 0 Å². The first-order chi connectivity index (χ1) is 14.0. The summed E-state index contributed by atoms with van der Waals surface area (Å²) in [5.74, 6) is -0.328. The maximum atomic E-state index is 12.6. The van der Waals surface area contributed by atoms with E-state index in [9.17, 15) is 14.4 Å². The molecule has 1 aliphatic rings. The third kappa shape index (κ3) is 4.56. The van der Waals surface area contributed by atoms with E-state index in [0.717, 1.165) is 11.1 Å². The summed E-state index contributed by atoms with van der Waals surface area (Å²) >= 11 is 0. The first-order valence-corrected chi connectivity index (χ1v) is 9.98. The SMILES string of the molecule is COC(=O)C1(c2ccccc2)CCN(C(=O)CCC(=O)c2ccc(C)cc2)CC1. The molecule has 0 saturated carbocycles. The molecule has 5 nitrogen and oxygen atoms in total. The molecule has 5 heteroatoms. The van der Waals surface area contributed by atoms with E-state index < -0.39 is 5.41 Å². The van der Waals surface area contributed by atoms with Crippen molar-refractivity contribution in [2.45, 2.75) is 38.0 Å². The van der Waals surface area contributed by atoms with Gasteiger partial charge in [-0.25, -0.2) is 0 Å². The van der Waals surface area contributed by atoms with E-state index in [2.05, 4.69) is 0 Å². The first kappa shape index (κ1) is 20.8. The van der Waals surface area contributed by atoms with Crippen molar-refractivity contribution in [2.24, 2.45) is 0 Å². The molecule has 0 spiro atoms. The van der Waals surface area contributed by atoms with Gasteiger partial charge in [0, 0.05) is 31.5 Å². The largest absolute Gasteiger partial charge is 0.468 e. The molecular formula is C24H27NO4. The number of methoxy groups -OCH3 is 1. The van der Waals surface area contributed by atoms with Crippen molar-refractivity contribution in [2.75, 3.05) is 20.2 Å². The van der Waals surface area contributed by atoms with E-state index in [1.54, 1.807) is 17.0 Å². The van der Waals surface area contributed by atoms with E-state index in [-0.39, 0.29) is 30.5 Å². The number of nitrogens with zero attached hydrogens (tertiary/aromatic N) is 1. The zero-order valence-corrected chi connectivity index (χ0v) is 17.0. The number of benzene rings is 2. The number of likely N-dealkylation sites (tertiary alicyclic amines) is 1. The molecule has 0 radical (unpaired) electrons. The van der Waals surface area contributed by atoms with Gasteiger partial charge in [-0.15, -0.1) is 0 Å². The molecule has 2 aromatic carbocycles. The quantitative estimate of drug-likeness (QED) is 0.555. The van der Waals surface area contributed by atoms with E-state index in [0.29, 0.717) is 31.5 Å². The van der Waals surface area contributed by atoms with Gasteiger partial charge in [0.15, 0.2) is 5.78 Å². The Balaban J connectivity index is 1.60. The number of hydrogen-bond donors (Lipinski definition) is 0. The Kier molecular flexibility index (Phi) is 6.47. The monoisotopic (exact) mass is 393 g/mol. The average molecular weight is 393 g/mol. The lowest BCUT2D eigenvalue weighted by Crippen LogP contribution is -2.49. The Hall–Kier alpha value is -2.95. The van der Waals surface area contributed by atoms with Gasteiger partial charge in [-0.05, 0) is 25.3 Å². The fourth-order valence-corrected chi connectivity index (χ4v) is 3.96. The summed E-state index contributed by atoms with van der Waals surface area (Å²) in [6, 6.07) is 17.0. The second-order valence-corrected chi connectivity index (χ2v) is 7.61. The molecule has 29 heavy (non-hydrogen) atoms. The van der Waals surface area contributed by atoms with Crippen LogP contribution in [-0.4, -0.2) is 42.8 Å². The molecular weight excluding hydrogens is 366 g/mol. The van der Waals surface area contributed by atoms with Crippen LogP contribution in [-0.2, 0) is 19.7 Å². The van der Waals surface area contributed by atoms with Crippen LogP contribution in [0, 0.1) is 6.92 Å². The maximum Gasteiger partial charge on any atom is 0.316 e. The van der Waals surface area contributed by atoms with Gasteiger partial charge in [0.2, 0.25) is 5.91 Å². The fraction of sp³-hybridized carbons (Fsp3) is 0.375. The highest BCUT2D eigenvalue weighted by atomic mass is 16.5. The summed E-state index contributed by atoms with van der Waals surface area (Å²) in [5, 5.41) is 0. The molecule has 152 valence electrons. The van der Waals surface area contributed by atoms with Gasteiger partial charge >= 0.3 is 5.97 Å². The standard InChI is InChI=1S/C24H27NO4/c1-18-8-10-19(11-9-18)21(26)12-13-22(27)25-16-14-24(15-17-25,23(28)29-2)20-6-4-3-5-7-20/h3-11H,12-17H2,1-2H3. The molecule has 0 bridgehead atoms. The first-order valence-electron chi connectivity index (χ1n) is 9.98. The lowest BCUT2D eigenvalue weighted by atomic mass is 9.72. The number of Topliss-reactive ketones (excluding diaryl/α,β-unsaturated/α-hetero) is 1. The van der Waals surface area contributed by atoms with Crippen molar-refractivity contribution in [3.8, 4) is 0 Å². The number of carbonyl (C=O) groups excluding carboxylic acids is 3. The maximum absolute atomic E-state index is 12.6. The molecule has 1 heterocycles. The minimum absolute atomic E-state index is 0.0245. The van der Waals surface area contributed by atoms with Gasteiger partial charge in [-0.3, -0.25) is 14.4 Å². The Morgan fingerprint density at radius 1 is 0.931 bits per heavy atom. The minimum Gasteiger partial charge on any atom is -0.468 e. The second-order valence-electron chi connectivity index (χ2n) is 7.61. The van der Waals surface area contributed by atoms with Crippen LogP contribution in [0.2, 0.25) is 0 Å². The van der Waals surface area contributed by atoms with Crippen molar-refractivity contribution in [3.63, 3.8) is 0 Å². The van der Waals surface area contributed by atoms with E-state index in [4.69, 9.17) is 4.74 Å². The van der Waals surface area contributed by atoms with Crippen LogP contribution >= 0.6 is 0 Å². The second kappa shape index (κ2) is 9.03. The summed E-state index contributed by atoms with van der Waals surface area (Å²) in [4.78, 5) is 39.3. The highest BCUT2D eigenvalue weighted by molar-refractivity contribution is 5.98. The summed E-state index contributed by atoms with van der Waals surface area (Å²) in [6.45, 7) is 2.92. The van der Waals surface area contributed by atoms with Crippen LogP contribution in [0.25, 0.3) is 0 Å². The summed E-state index contributed by atoms with van der Waals surface area (Å²) in [6.07, 6.45) is 1.41. The number of hydrogen-bond acceptors (Lipinski definition) is 4. The number of rotatable bonds is 6. The highest BCUT2D eigenvalue weighted by Crippen LogP contribution is 2.37. The predicted octanol–water partition coefficient (Wildman–Crippen LogP) is 3.69. The average Bonchev–Trinajstić information content (AvgIpc) is 2.77. The molecule has 0 aliphatic carbocycles. The minimum atomic E-state index is -0.718. The summed E-state index contributed by atoms with van der Waals surface area (Å²) in [7, 11) is 1.40. The van der Waals surface area contributed by atoms with E-state index in [1.807, 2.05) is 49.4 Å². The Morgan fingerprint density at radius 2 is 1.55 bits per heavy atom. The molecule has 0 unspecified atom stereocenters. The zero-order valence-electron chi connectivity index (χ0n) is 17.0. The van der Waals surface area contributed by atoms with Crippen molar-refractivity contribution < 1.29 is 19.1 Å². The number of aryl methyl sites for hydroxylation is 1. The molecule has 1 saturated heterocycles. The Bertz CT molecular complexity index is 866. The van der Waals surface area contributed by atoms with Crippen molar-refractivity contribution in [1.29, 1.82) is 0 Å². The smallest absolute Gasteiger partial charge is 0.316 e. The Morgan fingerprint density at radius 3 is 2.14 bits per heavy atom. The van der Waals surface area contributed by atoms with Crippen molar-refractivity contribution in [3.05, 3.63) is 71.3 Å². The molecule has 1 aliphatic heterocycles. The van der Waals surface area contributed by atoms with Gasteiger partial charge in [-0.1, -0.05) is 60.2 Å². The van der Waals surface area contributed by atoms with Crippen LogP contribution in [0.4, 0.5) is 0 Å². The number of ketones is 1. The molecule has 0 atom stereocenters. The molecule has 1 amide bonds. The van der Waals surface area contributed by atoms with Gasteiger partial charge in [0.25, 0.3) is 0 Å². The summed E-state index contributed by atoms with van der Waals surface area (Å²) < 4.78 is 5.09. The van der Waals surface area contributed by atoms with Crippen LogP contribution in [0.15, 0.2) is 54.6 Å². The number of carbonyl (C=O) groups is 3. The van der Waals surface area contributed by atoms with Crippen LogP contribution in [0.3, 0.4) is 0 Å². The molecule has 2 aromatic rings. The van der Waals surface area contributed by atoms with E-state index in [1.165, 1.54) is 7.11 Å². The molecule has 0 aromatic heterocycles. The van der Waals surface area contributed by atoms with Crippen LogP contribution < -0.4 is 0 Å². The molecule has 3 rings (SSSR count). The van der Waals surface area contributed by atoms with E-state index >= 15 is 0 Å². The zero-order chi connectivity index (χ0) is 20.9. The lowest BCUT2D eigenvalue weighted by Gasteiger charge is -2.40. The number of esters is 1. The van der Waals surface area contributed by atoms with Crippen LogP contribution in [0.5, 0.6) is 0 Å². The van der Waals surface area contributed by atoms with Crippen molar-refractivity contribution in [1.82, 2.24) is 4.90 Å². The Labute approximate surface area is 171 Å². The third-order valence-electron chi connectivity index (χ3n) is 5.81. The third-order valence-corrected chi connectivity index (χ3v) is 5.81. The molecule has 1 fully saturated rings. The van der Waals surface area contributed by atoms with Crippen molar-refractivity contribution >= 4 is 17.7 Å². The number of ether oxygens (including phenoxy) is 1. The molecule has 0 N–H and O–H groups in total. The van der Waals surface area contributed by atoms with Gasteiger partial charge < -0.3 is 9.64 Å².